The minimum absolute atomic E-state index is 0.442. The van der Waals surface area contributed by atoms with Crippen LogP contribution in [0.1, 0.15) is 49.7 Å². The summed E-state index contributed by atoms with van der Waals surface area (Å²) in [5, 5.41) is 3.61. The Morgan fingerprint density at radius 3 is 2.47 bits per heavy atom. The molecule has 0 radical (unpaired) electrons. The smallest absolute Gasteiger partial charge is 0.0472 e. The predicted octanol–water partition coefficient (Wildman–Crippen LogP) is 3.29. The van der Waals surface area contributed by atoms with Crippen molar-refractivity contribution in [3.63, 3.8) is 0 Å². The van der Waals surface area contributed by atoms with Gasteiger partial charge >= 0.3 is 0 Å². The largest absolute Gasteiger partial charge is 0.381 e. The molecule has 0 amide bonds. The maximum absolute atomic E-state index is 5.56. The summed E-state index contributed by atoms with van der Waals surface area (Å²) in [4.78, 5) is 0. The van der Waals surface area contributed by atoms with Crippen LogP contribution >= 0.6 is 0 Å². The van der Waals surface area contributed by atoms with Gasteiger partial charge in [-0.2, -0.15) is 0 Å². The zero-order valence-electron chi connectivity index (χ0n) is 12.1. The Morgan fingerprint density at radius 2 is 1.84 bits per heavy atom. The topological polar surface area (TPSA) is 21.3 Å². The van der Waals surface area contributed by atoms with Crippen molar-refractivity contribution < 1.29 is 4.74 Å². The number of nitrogens with one attached hydrogen (secondary N) is 1. The Labute approximate surface area is 116 Å². The Hall–Kier alpha value is -0.860. The van der Waals surface area contributed by atoms with Crippen molar-refractivity contribution in [2.45, 2.75) is 38.5 Å². The third-order valence-electron chi connectivity index (χ3n) is 5.06. The van der Waals surface area contributed by atoms with E-state index in [-0.39, 0.29) is 0 Å². The fourth-order valence-electron chi connectivity index (χ4n) is 3.69. The van der Waals surface area contributed by atoms with Crippen LogP contribution in [0.25, 0.3) is 0 Å². The zero-order valence-corrected chi connectivity index (χ0v) is 12.1. The summed E-state index contributed by atoms with van der Waals surface area (Å²) in [5.74, 6) is 1.28. The van der Waals surface area contributed by atoms with Crippen molar-refractivity contribution in [1.82, 2.24) is 5.32 Å². The monoisotopic (exact) mass is 259 g/mol. The van der Waals surface area contributed by atoms with Crippen molar-refractivity contribution in [1.29, 1.82) is 0 Å². The summed E-state index contributed by atoms with van der Waals surface area (Å²) in [6.07, 6.45) is 2.41. The lowest BCUT2D eigenvalue weighted by atomic mass is 9.69. The highest BCUT2D eigenvalue weighted by Crippen LogP contribution is 2.46. The van der Waals surface area contributed by atoms with Gasteiger partial charge < -0.3 is 10.1 Å². The van der Waals surface area contributed by atoms with Gasteiger partial charge in [-0.3, -0.25) is 0 Å². The van der Waals surface area contributed by atoms with Crippen molar-refractivity contribution in [3.05, 3.63) is 35.4 Å². The first-order valence-electron chi connectivity index (χ1n) is 7.60. The van der Waals surface area contributed by atoms with Gasteiger partial charge in [0, 0.05) is 32.2 Å². The second kappa shape index (κ2) is 5.26. The molecule has 19 heavy (non-hydrogen) atoms. The van der Waals surface area contributed by atoms with E-state index in [2.05, 4.69) is 43.4 Å². The molecule has 1 atom stereocenters. The molecule has 2 heteroatoms. The molecule has 0 bridgehead atoms. The van der Waals surface area contributed by atoms with Gasteiger partial charge in [-0.25, -0.2) is 0 Å². The van der Waals surface area contributed by atoms with Gasteiger partial charge in [-0.15, -0.1) is 0 Å². The van der Waals surface area contributed by atoms with Gasteiger partial charge in [0.25, 0.3) is 0 Å². The maximum atomic E-state index is 5.56. The van der Waals surface area contributed by atoms with E-state index in [0.717, 1.165) is 26.3 Å². The van der Waals surface area contributed by atoms with E-state index < -0.39 is 0 Å². The van der Waals surface area contributed by atoms with Crippen LogP contribution < -0.4 is 5.32 Å². The number of ether oxygens (including phenoxy) is 1. The third-order valence-corrected chi connectivity index (χ3v) is 5.06. The molecule has 2 nitrogen and oxygen atoms in total. The first kappa shape index (κ1) is 13.1. The average molecular weight is 259 g/mol. The van der Waals surface area contributed by atoms with Gasteiger partial charge in [0.05, 0.1) is 0 Å². The summed E-state index contributed by atoms with van der Waals surface area (Å²) in [7, 11) is 0. The van der Waals surface area contributed by atoms with Crippen molar-refractivity contribution in [2.75, 3.05) is 26.3 Å². The molecule has 2 aliphatic rings. The van der Waals surface area contributed by atoms with Crippen molar-refractivity contribution in [2.24, 2.45) is 5.41 Å². The second-order valence-corrected chi connectivity index (χ2v) is 6.48. The molecule has 0 aromatic heterocycles. The lowest BCUT2D eigenvalue weighted by molar-refractivity contribution is 0.0165. The van der Waals surface area contributed by atoms with Gasteiger partial charge in [0.2, 0.25) is 0 Å². The number of benzene rings is 1. The molecule has 1 unspecified atom stereocenters. The van der Waals surface area contributed by atoms with E-state index in [1.54, 1.807) is 0 Å². The molecule has 3 rings (SSSR count). The van der Waals surface area contributed by atoms with Crippen LogP contribution in [-0.2, 0) is 4.74 Å². The molecule has 0 aliphatic carbocycles. The summed E-state index contributed by atoms with van der Waals surface area (Å²) in [5.41, 5.74) is 3.39. The molecule has 104 valence electrons. The Bertz CT molecular complexity index is 417. The van der Waals surface area contributed by atoms with Crippen molar-refractivity contribution in [3.8, 4) is 0 Å². The maximum Gasteiger partial charge on any atom is 0.0472 e. The van der Waals surface area contributed by atoms with Crippen LogP contribution in [0.5, 0.6) is 0 Å². The quantitative estimate of drug-likeness (QED) is 0.880. The molecule has 2 heterocycles. The van der Waals surface area contributed by atoms with Gasteiger partial charge in [-0.1, -0.05) is 38.1 Å². The Balaban J connectivity index is 1.84. The highest BCUT2D eigenvalue weighted by molar-refractivity contribution is 5.30. The minimum Gasteiger partial charge on any atom is -0.381 e. The first-order chi connectivity index (χ1) is 9.21. The summed E-state index contributed by atoms with van der Waals surface area (Å²) in [6.45, 7) is 8.66. The van der Waals surface area contributed by atoms with E-state index in [9.17, 15) is 0 Å². The summed E-state index contributed by atoms with van der Waals surface area (Å²) >= 11 is 0. The highest BCUT2D eigenvalue weighted by Gasteiger charge is 2.44. The fourth-order valence-corrected chi connectivity index (χ4v) is 3.69. The molecular weight excluding hydrogens is 234 g/mol. The van der Waals surface area contributed by atoms with Crippen LogP contribution in [-0.4, -0.2) is 26.3 Å². The van der Waals surface area contributed by atoms with E-state index >= 15 is 0 Å². The number of hydrogen-bond acceptors (Lipinski definition) is 2. The van der Waals surface area contributed by atoms with Gasteiger partial charge in [0.15, 0.2) is 0 Å². The van der Waals surface area contributed by atoms with Crippen LogP contribution in [0.15, 0.2) is 24.3 Å². The number of hydrogen-bond donors (Lipinski definition) is 1. The molecule has 2 fully saturated rings. The van der Waals surface area contributed by atoms with Gasteiger partial charge in [0.1, 0.15) is 0 Å². The molecule has 2 saturated heterocycles. The molecule has 1 aromatic rings. The summed E-state index contributed by atoms with van der Waals surface area (Å²) in [6, 6.07) is 9.32. The second-order valence-electron chi connectivity index (χ2n) is 6.48. The lowest BCUT2D eigenvalue weighted by Gasteiger charge is -2.38. The van der Waals surface area contributed by atoms with E-state index in [1.165, 1.54) is 24.0 Å². The standard InChI is InChI=1S/C17H25NO/c1-13(2)14-3-5-15(6-4-14)16-11-18-12-17(16)7-9-19-10-8-17/h3-6,13,16,18H,7-12H2,1-2H3. The highest BCUT2D eigenvalue weighted by atomic mass is 16.5. The van der Waals surface area contributed by atoms with Crippen LogP contribution in [0.4, 0.5) is 0 Å². The molecular formula is C17H25NO. The Morgan fingerprint density at radius 1 is 1.16 bits per heavy atom. The van der Waals surface area contributed by atoms with Crippen LogP contribution in [0.3, 0.4) is 0 Å². The van der Waals surface area contributed by atoms with Crippen LogP contribution in [0, 0.1) is 5.41 Å². The minimum atomic E-state index is 0.442. The predicted molar refractivity (Wildman–Crippen MR) is 78.6 cm³/mol. The normalized spacial score (nSPS) is 26.2. The van der Waals surface area contributed by atoms with Crippen molar-refractivity contribution >= 4 is 0 Å². The van der Waals surface area contributed by atoms with E-state index in [1.807, 2.05) is 0 Å². The third kappa shape index (κ3) is 2.44. The van der Waals surface area contributed by atoms with Gasteiger partial charge in [-0.05, 0) is 35.3 Å². The fraction of sp³-hybridized carbons (Fsp3) is 0.647. The molecule has 1 aromatic carbocycles. The number of rotatable bonds is 2. The molecule has 1 N–H and O–H groups in total. The molecule has 0 saturated carbocycles. The lowest BCUT2D eigenvalue weighted by Crippen LogP contribution is -2.35. The van der Waals surface area contributed by atoms with Crippen LogP contribution in [0.2, 0.25) is 0 Å². The zero-order chi connectivity index (χ0) is 13.3. The average Bonchev–Trinajstić information content (AvgIpc) is 2.83. The van der Waals surface area contributed by atoms with E-state index in [0.29, 0.717) is 17.3 Å². The summed E-state index contributed by atoms with van der Waals surface area (Å²) < 4.78 is 5.56. The first-order valence-corrected chi connectivity index (χ1v) is 7.60. The molecule has 2 aliphatic heterocycles. The SMILES string of the molecule is CC(C)c1ccc(C2CNCC23CCOCC3)cc1. The van der Waals surface area contributed by atoms with E-state index in [4.69, 9.17) is 4.74 Å². The Kier molecular flexibility index (Phi) is 3.64. The molecule has 1 spiro atoms.